The highest BCUT2D eigenvalue weighted by Crippen LogP contribution is 2.65. The van der Waals surface area contributed by atoms with Gasteiger partial charge in [-0.3, -0.25) is 4.79 Å². The molecule has 0 bridgehead atoms. The zero-order valence-electron chi connectivity index (χ0n) is 26.5. The molecule has 1 N–H and O–H groups in total. The highest BCUT2D eigenvalue weighted by atomic mass is 16.6. The van der Waals surface area contributed by atoms with Gasteiger partial charge in [0.1, 0.15) is 24.6 Å². The molecule has 4 aliphatic rings. The maximum absolute atomic E-state index is 12.5. The molecule has 42 heavy (non-hydrogen) atoms. The number of ether oxygens (including phenoxy) is 2. The van der Waals surface area contributed by atoms with E-state index < -0.39 is 17.7 Å². The molecule has 7 nitrogen and oxygen atoms in total. The SMILES string of the molecule is CC.CC(C)(C)OC(=O)NCC(=O)OC1CCC2(C)C(=CCC3C2CCC2(C)C(n4cnc5ccccc54)=CCC32)C1. The average Bonchev–Trinajstić information content (AvgIpc) is 3.53. The van der Waals surface area contributed by atoms with Gasteiger partial charge < -0.3 is 19.4 Å². The summed E-state index contributed by atoms with van der Waals surface area (Å²) >= 11 is 0. The van der Waals surface area contributed by atoms with E-state index in [-0.39, 0.29) is 23.5 Å². The first-order valence-electron chi connectivity index (χ1n) is 16.0. The second kappa shape index (κ2) is 11.5. The first-order chi connectivity index (χ1) is 20.0. The number of fused-ring (bicyclic) bond motifs is 6. The summed E-state index contributed by atoms with van der Waals surface area (Å²) in [5, 5.41) is 2.52. The van der Waals surface area contributed by atoms with E-state index in [4.69, 9.17) is 9.47 Å². The molecule has 7 heteroatoms. The summed E-state index contributed by atoms with van der Waals surface area (Å²) in [5.74, 6) is 1.54. The van der Waals surface area contributed by atoms with Gasteiger partial charge in [-0.1, -0.05) is 57.6 Å². The Hall–Kier alpha value is -3.09. The molecule has 0 spiro atoms. The molecular weight excluding hydrogens is 526 g/mol. The number of para-hydroxylation sites is 2. The number of hydrogen-bond acceptors (Lipinski definition) is 5. The normalized spacial score (nSPS) is 31.8. The largest absolute Gasteiger partial charge is 0.461 e. The number of allylic oxidation sites excluding steroid dienone is 3. The molecule has 2 saturated carbocycles. The fraction of sp³-hybridized carbons (Fsp3) is 0.629. The molecule has 228 valence electrons. The van der Waals surface area contributed by atoms with Gasteiger partial charge in [-0.05, 0) is 94.6 Å². The predicted octanol–water partition coefficient (Wildman–Crippen LogP) is 7.91. The van der Waals surface area contributed by atoms with E-state index in [1.807, 2.05) is 20.2 Å². The quantitative estimate of drug-likeness (QED) is 0.296. The minimum Gasteiger partial charge on any atom is -0.461 e. The number of amides is 1. The number of hydrogen-bond donors (Lipinski definition) is 1. The van der Waals surface area contributed by atoms with Crippen LogP contribution in [-0.4, -0.2) is 39.9 Å². The van der Waals surface area contributed by atoms with E-state index in [2.05, 4.69) is 65.1 Å². The molecule has 0 saturated heterocycles. The zero-order valence-corrected chi connectivity index (χ0v) is 26.5. The minimum absolute atomic E-state index is 0.132. The van der Waals surface area contributed by atoms with Gasteiger partial charge in [0.05, 0.1) is 11.0 Å². The van der Waals surface area contributed by atoms with Crippen molar-refractivity contribution < 1.29 is 19.1 Å². The molecule has 0 radical (unpaired) electrons. The van der Waals surface area contributed by atoms with Gasteiger partial charge in [0.25, 0.3) is 0 Å². The number of esters is 1. The molecule has 6 rings (SSSR count). The van der Waals surface area contributed by atoms with Crippen molar-refractivity contribution in [3.63, 3.8) is 0 Å². The van der Waals surface area contributed by atoms with Crippen LogP contribution in [0.1, 0.15) is 93.4 Å². The third-order valence-corrected chi connectivity index (χ3v) is 10.4. The van der Waals surface area contributed by atoms with Gasteiger partial charge in [0, 0.05) is 17.5 Å². The third-order valence-electron chi connectivity index (χ3n) is 10.4. The lowest BCUT2D eigenvalue weighted by Gasteiger charge is -2.57. The lowest BCUT2D eigenvalue weighted by molar-refractivity contribution is -0.150. The van der Waals surface area contributed by atoms with Crippen LogP contribution in [0.3, 0.4) is 0 Å². The van der Waals surface area contributed by atoms with Crippen LogP contribution in [0.4, 0.5) is 4.79 Å². The van der Waals surface area contributed by atoms with Gasteiger partial charge in [-0.2, -0.15) is 0 Å². The Balaban J connectivity index is 0.00000173. The highest BCUT2D eigenvalue weighted by Gasteiger charge is 2.57. The van der Waals surface area contributed by atoms with E-state index in [0.29, 0.717) is 17.8 Å². The second-order valence-electron chi connectivity index (χ2n) is 13.9. The van der Waals surface area contributed by atoms with Crippen molar-refractivity contribution in [2.75, 3.05) is 6.54 Å². The highest BCUT2D eigenvalue weighted by molar-refractivity contribution is 5.80. The number of nitrogens with one attached hydrogen (secondary N) is 1. The molecule has 1 heterocycles. The van der Waals surface area contributed by atoms with Gasteiger partial charge in [-0.25, -0.2) is 9.78 Å². The Bertz CT molecular complexity index is 1380. The number of benzene rings is 1. The van der Waals surface area contributed by atoms with Crippen LogP contribution >= 0.6 is 0 Å². The molecule has 2 fully saturated rings. The van der Waals surface area contributed by atoms with Gasteiger partial charge in [-0.15, -0.1) is 0 Å². The minimum atomic E-state index is -0.603. The average molecular weight is 576 g/mol. The van der Waals surface area contributed by atoms with Crippen molar-refractivity contribution in [2.24, 2.45) is 28.6 Å². The van der Waals surface area contributed by atoms with Crippen molar-refractivity contribution in [1.82, 2.24) is 14.9 Å². The summed E-state index contributed by atoms with van der Waals surface area (Å²) in [6.45, 7) is 14.2. The monoisotopic (exact) mass is 575 g/mol. The zero-order chi connectivity index (χ0) is 30.3. The lowest BCUT2D eigenvalue weighted by atomic mass is 9.47. The maximum atomic E-state index is 12.5. The topological polar surface area (TPSA) is 82.5 Å². The van der Waals surface area contributed by atoms with Gasteiger partial charge in [0.15, 0.2) is 0 Å². The summed E-state index contributed by atoms with van der Waals surface area (Å²) < 4.78 is 13.4. The summed E-state index contributed by atoms with van der Waals surface area (Å²) in [4.78, 5) is 29.1. The van der Waals surface area contributed by atoms with Crippen LogP contribution in [0.25, 0.3) is 16.7 Å². The number of imidazole rings is 1. The number of aromatic nitrogens is 2. The summed E-state index contributed by atoms with van der Waals surface area (Å²) in [6.07, 6.45) is 13.6. The number of carbonyl (C=O) groups is 2. The van der Waals surface area contributed by atoms with E-state index in [0.717, 1.165) is 37.6 Å². The van der Waals surface area contributed by atoms with E-state index in [9.17, 15) is 9.59 Å². The molecule has 0 aliphatic heterocycles. The van der Waals surface area contributed by atoms with Crippen LogP contribution in [0.5, 0.6) is 0 Å². The molecule has 1 aromatic carbocycles. The number of rotatable bonds is 4. The molecule has 2 aromatic rings. The third kappa shape index (κ3) is 5.51. The number of nitrogens with zero attached hydrogens (tertiary/aromatic N) is 2. The standard InChI is InChI=1S/C33H43N3O4.C2H6/c1-31(2,3)40-30(38)34-19-29(37)39-22-14-16-32(4)21(18-22)10-11-23-24-12-13-28(33(24,5)17-15-25(23)32)36-20-35-26-8-6-7-9-27(26)36;1-2/h6-10,13,20,22-25H,11-12,14-19H2,1-5H3,(H,34,38);1-2H3. The Morgan fingerprint density at radius 3 is 2.52 bits per heavy atom. The van der Waals surface area contributed by atoms with Crippen molar-refractivity contribution in [3.8, 4) is 0 Å². The Kier molecular flexibility index (Phi) is 8.34. The van der Waals surface area contributed by atoms with Crippen molar-refractivity contribution in [2.45, 2.75) is 105 Å². The van der Waals surface area contributed by atoms with Crippen LogP contribution in [0.2, 0.25) is 0 Å². The predicted molar refractivity (Wildman–Crippen MR) is 167 cm³/mol. The first kappa shape index (κ1) is 30.4. The molecule has 1 aromatic heterocycles. The smallest absolute Gasteiger partial charge is 0.408 e. The second-order valence-corrected chi connectivity index (χ2v) is 13.9. The van der Waals surface area contributed by atoms with E-state index in [1.54, 1.807) is 20.8 Å². The van der Waals surface area contributed by atoms with Gasteiger partial charge >= 0.3 is 12.1 Å². The fourth-order valence-electron chi connectivity index (χ4n) is 8.48. The maximum Gasteiger partial charge on any atom is 0.408 e. The first-order valence-corrected chi connectivity index (χ1v) is 16.0. The van der Waals surface area contributed by atoms with Crippen molar-refractivity contribution in [1.29, 1.82) is 0 Å². The Labute approximate surface area is 251 Å². The fourth-order valence-corrected chi connectivity index (χ4v) is 8.48. The summed E-state index contributed by atoms with van der Waals surface area (Å²) in [7, 11) is 0. The summed E-state index contributed by atoms with van der Waals surface area (Å²) in [5.41, 5.74) is 4.86. The number of alkyl carbamates (subject to hydrolysis) is 1. The van der Waals surface area contributed by atoms with Crippen LogP contribution < -0.4 is 5.32 Å². The molecule has 4 aliphatic carbocycles. The van der Waals surface area contributed by atoms with E-state index >= 15 is 0 Å². The lowest BCUT2D eigenvalue weighted by Crippen LogP contribution is -2.50. The van der Waals surface area contributed by atoms with Crippen LogP contribution in [-0.2, 0) is 14.3 Å². The molecule has 6 atom stereocenters. The Morgan fingerprint density at radius 2 is 1.76 bits per heavy atom. The number of carbonyl (C=O) groups excluding carboxylic acids is 2. The van der Waals surface area contributed by atoms with Crippen molar-refractivity contribution in [3.05, 3.63) is 48.3 Å². The summed E-state index contributed by atoms with van der Waals surface area (Å²) in [6, 6.07) is 8.44. The Morgan fingerprint density at radius 1 is 1.02 bits per heavy atom. The molecule has 1 amide bonds. The van der Waals surface area contributed by atoms with Crippen LogP contribution in [0, 0.1) is 28.6 Å². The van der Waals surface area contributed by atoms with Crippen LogP contribution in [0.15, 0.2) is 48.3 Å². The van der Waals surface area contributed by atoms with Gasteiger partial charge in [0.2, 0.25) is 0 Å². The van der Waals surface area contributed by atoms with Crippen molar-refractivity contribution >= 4 is 28.8 Å². The molecular formula is C35H49N3O4. The molecule has 6 unspecified atom stereocenters. The van der Waals surface area contributed by atoms with E-state index in [1.165, 1.54) is 29.6 Å².